The van der Waals surface area contributed by atoms with E-state index in [0.29, 0.717) is 12.6 Å². The van der Waals surface area contributed by atoms with E-state index in [4.69, 9.17) is 0 Å². The van der Waals surface area contributed by atoms with Crippen molar-refractivity contribution in [2.24, 2.45) is 7.05 Å². The third-order valence-electron chi connectivity index (χ3n) is 4.73. The van der Waals surface area contributed by atoms with Crippen molar-refractivity contribution in [2.45, 2.75) is 38.8 Å². The van der Waals surface area contributed by atoms with Gasteiger partial charge in [-0.25, -0.2) is 4.68 Å². The molecular formula is C18H26N6O. The summed E-state index contributed by atoms with van der Waals surface area (Å²) < 4.78 is 1.38. The number of rotatable bonds is 4. The van der Waals surface area contributed by atoms with Crippen molar-refractivity contribution in [1.29, 1.82) is 0 Å². The minimum Gasteiger partial charge on any atom is -0.352 e. The van der Waals surface area contributed by atoms with Gasteiger partial charge in [-0.3, -0.25) is 9.69 Å². The van der Waals surface area contributed by atoms with E-state index >= 15 is 0 Å². The van der Waals surface area contributed by atoms with Crippen LogP contribution in [-0.2, 0) is 19.0 Å². The highest BCUT2D eigenvalue weighted by Crippen LogP contribution is 2.24. The molecule has 0 radical (unpaired) electrons. The van der Waals surface area contributed by atoms with Gasteiger partial charge >= 0.3 is 0 Å². The van der Waals surface area contributed by atoms with Gasteiger partial charge in [-0.05, 0) is 25.2 Å². The topological polar surface area (TPSA) is 67.2 Å². The zero-order chi connectivity index (χ0) is 18.2. The number of likely N-dealkylation sites (N-methyl/N-ethyl adjacent to an activating group) is 1. The van der Waals surface area contributed by atoms with E-state index in [1.54, 1.807) is 19.3 Å². The summed E-state index contributed by atoms with van der Waals surface area (Å²) in [5, 5.41) is 12.7. The Bertz CT molecular complexity index is 786. The van der Waals surface area contributed by atoms with Crippen LogP contribution in [0.25, 0.3) is 0 Å². The average Bonchev–Trinajstić information content (AvgIpc) is 2.50. The molecule has 3 rings (SSSR count). The fraction of sp³-hybridized carbons (Fsp3) is 0.556. The molecule has 0 amide bonds. The first-order valence-corrected chi connectivity index (χ1v) is 8.56. The molecule has 134 valence electrons. The second-order valence-corrected chi connectivity index (χ2v) is 7.79. The molecule has 7 nitrogen and oxygen atoms in total. The Kier molecular flexibility index (Phi) is 4.60. The highest BCUT2D eigenvalue weighted by atomic mass is 16.1. The van der Waals surface area contributed by atoms with E-state index in [-0.39, 0.29) is 11.0 Å². The quantitative estimate of drug-likeness (QED) is 0.831. The van der Waals surface area contributed by atoms with E-state index in [1.807, 2.05) is 6.07 Å². The number of hydrogen-bond donors (Lipinski definition) is 0. The Morgan fingerprint density at radius 2 is 1.92 bits per heavy atom. The standard InChI is InChI=1S/C18H26N6O/c1-18(2,3)15-6-7-16(21-20-15)24-11-14(12-24)22(4)10-13-8-9-19-23(5)17(13)25/h6-9,14H,10-12H2,1-5H3. The second kappa shape index (κ2) is 6.55. The zero-order valence-electron chi connectivity index (χ0n) is 15.6. The van der Waals surface area contributed by atoms with Crippen LogP contribution >= 0.6 is 0 Å². The van der Waals surface area contributed by atoms with Crippen molar-refractivity contribution in [3.05, 3.63) is 46.0 Å². The maximum absolute atomic E-state index is 12.1. The van der Waals surface area contributed by atoms with Gasteiger partial charge in [0, 0.05) is 49.9 Å². The smallest absolute Gasteiger partial charge is 0.270 e. The van der Waals surface area contributed by atoms with E-state index in [2.05, 4.69) is 59.0 Å². The van der Waals surface area contributed by atoms with Gasteiger partial charge in [0.15, 0.2) is 5.82 Å². The first-order valence-electron chi connectivity index (χ1n) is 8.56. The molecule has 0 saturated carbocycles. The van der Waals surface area contributed by atoms with Crippen molar-refractivity contribution >= 4 is 5.82 Å². The minimum atomic E-state index is -0.0332. The molecule has 0 unspecified atom stereocenters. The predicted octanol–water partition coefficient (Wildman–Crippen LogP) is 1.19. The van der Waals surface area contributed by atoms with Gasteiger partial charge in [-0.15, -0.1) is 5.10 Å². The van der Waals surface area contributed by atoms with Crippen LogP contribution in [0.2, 0.25) is 0 Å². The zero-order valence-corrected chi connectivity index (χ0v) is 15.6. The molecular weight excluding hydrogens is 316 g/mol. The van der Waals surface area contributed by atoms with Gasteiger partial charge in [0.05, 0.1) is 5.69 Å². The van der Waals surface area contributed by atoms with Gasteiger partial charge in [0.2, 0.25) is 0 Å². The number of hydrogen-bond acceptors (Lipinski definition) is 6. The van der Waals surface area contributed by atoms with Crippen LogP contribution in [0.15, 0.2) is 29.2 Å². The molecule has 3 heterocycles. The largest absolute Gasteiger partial charge is 0.352 e. The predicted molar refractivity (Wildman–Crippen MR) is 97.7 cm³/mol. The molecule has 25 heavy (non-hydrogen) atoms. The fourth-order valence-electron chi connectivity index (χ4n) is 2.89. The Hall–Kier alpha value is -2.28. The normalized spacial score (nSPS) is 15.5. The summed E-state index contributed by atoms with van der Waals surface area (Å²) in [7, 11) is 3.73. The molecule has 7 heteroatoms. The molecule has 1 fully saturated rings. The Morgan fingerprint density at radius 1 is 1.20 bits per heavy atom. The highest BCUT2D eigenvalue weighted by Gasteiger charge is 2.31. The van der Waals surface area contributed by atoms with Crippen LogP contribution in [-0.4, -0.2) is 51.1 Å². The van der Waals surface area contributed by atoms with E-state index in [0.717, 1.165) is 30.2 Å². The van der Waals surface area contributed by atoms with Gasteiger partial charge in [-0.1, -0.05) is 20.8 Å². The average molecular weight is 342 g/mol. The molecule has 2 aromatic rings. The van der Waals surface area contributed by atoms with Crippen molar-refractivity contribution in [2.75, 3.05) is 25.0 Å². The third-order valence-corrected chi connectivity index (χ3v) is 4.73. The van der Waals surface area contributed by atoms with Crippen molar-refractivity contribution in [1.82, 2.24) is 24.9 Å². The van der Waals surface area contributed by atoms with Crippen LogP contribution in [0.4, 0.5) is 5.82 Å². The summed E-state index contributed by atoms with van der Waals surface area (Å²) in [5.74, 6) is 0.914. The van der Waals surface area contributed by atoms with Crippen LogP contribution in [0, 0.1) is 0 Å². The van der Waals surface area contributed by atoms with Gasteiger partial charge in [0.1, 0.15) is 0 Å². The molecule has 1 saturated heterocycles. The molecule has 0 aromatic carbocycles. The van der Waals surface area contributed by atoms with Gasteiger partial charge in [0.25, 0.3) is 5.56 Å². The third kappa shape index (κ3) is 3.71. The Labute approximate surface area is 148 Å². The number of anilines is 1. The molecule has 0 aliphatic carbocycles. The van der Waals surface area contributed by atoms with Crippen molar-refractivity contribution in [3.63, 3.8) is 0 Å². The lowest BCUT2D eigenvalue weighted by molar-refractivity contribution is 0.195. The summed E-state index contributed by atoms with van der Waals surface area (Å²) >= 11 is 0. The first kappa shape index (κ1) is 17.5. The fourth-order valence-corrected chi connectivity index (χ4v) is 2.89. The van der Waals surface area contributed by atoms with Crippen LogP contribution < -0.4 is 10.5 Å². The summed E-state index contributed by atoms with van der Waals surface area (Å²) in [6.45, 7) is 8.82. The molecule has 1 aliphatic rings. The van der Waals surface area contributed by atoms with Crippen LogP contribution in [0.3, 0.4) is 0 Å². The van der Waals surface area contributed by atoms with Crippen molar-refractivity contribution < 1.29 is 0 Å². The molecule has 0 atom stereocenters. The van der Waals surface area contributed by atoms with Gasteiger partial charge < -0.3 is 4.90 Å². The summed E-state index contributed by atoms with van der Waals surface area (Å²) in [4.78, 5) is 16.5. The summed E-state index contributed by atoms with van der Waals surface area (Å²) in [6, 6.07) is 6.30. The summed E-state index contributed by atoms with van der Waals surface area (Å²) in [6.07, 6.45) is 1.67. The molecule has 0 N–H and O–H groups in total. The highest BCUT2D eigenvalue weighted by molar-refractivity contribution is 5.42. The maximum Gasteiger partial charge on any atom is 0.270 e. The SMILES string of the molecule is CN(Cc1ccnn(C)c1=O)C1CN(c2ccc(C(C)(C)C)nn2)C1. The van der Waals surface area contributed by atoms with E-state index in [1.165, 1.54) is 4.68 Å². The molecule has 0 spiro atoms. The Balaban J connectivity index is 1.58. The number of aryl methyl sites for hydroxylation is 1. The molecule has 0 bridgehead atoms. The monoisotopic (exact) mass is 342 g/mol. The second-order valence-electron chi connectivity index (χ2n) is 7.79. The maximum atomic E-state index is 12.1. The lowest BCUT2D eigenvalue weighted by Crippen LogP contribution is -2.58. The first-order chi connectivity index (χ1) is 11.8. The summed E-state index contributed by atoms with van der Waals surface area (Å²) in [5.41, 5.74) is 1.75. The van der Waals surface area contributed by atoms with E-state index < -0.39 is 0 Å². The number of aromatic nitrogens is 4. The number of nitrogens with zero attached hydrogens (tertiary/aromatic N) is 6. The minimum absolute atomic E-state index is 0.0138. The van der Waals surface area contributed by atoms with E-state index in [9.17, 15) is 4.79 Å². The van der Waals surface area contributed by atoms with Crippen molar-refractivity contribution in [3.8, 4) is 0 Å². The van der Waals surface area contributed by atoms with Crippen LogP contribution in [0.1, 0.15) is 32.0 Å². The lowest BCUT2D eigenvalue weighted by atomic mass is 9.92. The molecule has 1 aliphatic heterocycles. The molecule has 2 aromatic heterocycles. The Morgan fingerprint density at radius 3 is 2.52 bits per heavy atom. The van der Waals surface area contributed by atoms with Crippen LogP contribution in [0.5, 0.6) is 0 Å². The lowest BCUT2D eigenvalue weighted by Gasteiger charge is -2.44. The van der Waals surface area contributed by atoms with Gasteiger partial charge in [-0.2, -0.15) is 10.2 Å².